The molecule has 2 aromatic rings. The standard InChI is InChI=1S/C19H20N2O3/c22-15-9-6-12-21(13-15)19(24)16-10-4-5-11-17(16)20-18(23)14-7-2-1-3-8-14/h1-5,7-8,10-11,15,22H,6,9,12-13H2,(H,20,23). The van der Waals surface area contributed by atoms with Crippen molar-refractivity contribution in [1.29, 1.82) is 0 Å². The number of hydrogen-bond donors (Lipinski definition) is 2. The van der Waals surface area contributed by atoms with E-state index in [2.05, 4.69) is 5.32 Å². The molecule has 2 N–H and O–H groups in total. The SMILES string of the molecule is O=C(Nc1ccccc1C(=O)N1CCCC(O)C1)c1ccccc1. The molecule has 0 bridgehead atoms. The number of amides is 2. The van der Waals surface area contributed by atoms with Crippen molar-refractivity contribution in [3.63, 3.8) is 0 Å². The molecule has 1 atom stereocenters. The van der Waals surface area contributed by atoms with Gasteiger partial charge in [-0.3, -0.25) is 9.59 Å². The first-order chi connectivity index (χ1) is 11.6. The van der Waals surface area contributed by atoms with Gasteiger partial charge in [0.15, 0.2) is 0 Å². The summed E-state index contributed by atoms with van der Waals surface area (Å²) in [6, 6.07) is 15.8. The number of β-amino-alcohol motifs (C(OH)–C–C–N with tert-alkyl or cyclic N) is 1. The van der Waals surface area contributed by atoms with Crippen molar-refractivity contribution in [3.05, 3.63) is 65.7 Å². The maximum atomic E-state index is 12.7. The molecule has 0 aliphatic carbocycles. The van der Waals surface area contributed by atoms with Crippen LogP contribution in [0.2, 0.25) is 0 Å². The highest BCUT2D eigenvalue weighted by molar-refractivity contribution is 6.09. The average molecular weight is 324 g/mol. The summed E-state index contributed by atoms with van der Waals surface area (Å²) < 4.78 is 0. The van der Waals surface area contributed by atoms with Gasteiger partial charge in [0.25, 0.3) is 11.8 Å². The van der Waals surface area contributed by atoms with E-state index in [0.717, 1.165) is 12.8 Å². The minimum absolute atomic E-state index is 0.169. The Morgan fingerprint density at radius 1 is 1.04 bits per heavy atom. The molecule has 1 aliphatic rings. The molecule has 0 radical (unpaired) electrons. The van der Waals surface area contributed by atoms with Crippen LogP contribution in [0.4, 0.5) is 5.69 Å². The molecule has 1 aliphatic heterocycles. The van der Waals surface area contributed by atoms with Crippen molar-refractivity contribution in [2.75, 3.05) is 18.4 Å². The van der Waals surface area contributed by atoms with Crippen LogP contribution in [-0.2, 0) is 0 Å². The molecule has 1 fully saturated rings. The normalized spacial score (nSPS) is 17.4. The van der Waals surface area contributed by atoms with E-state index >= 15 is 0 Å². The van der Waals surface area contributed by atoms with Crippen molar-refractivity contribution in [2.24, 2.45) is 0 Å². The van der Waals surface area contributed by atoms with E-state index in [1.54, 1.807) is 53.4 Å². The maximum Gasteiger partial charge on any atom is 0.256 e. The van der Waals surface area contributed by atoms with Crippen LogP contribution in [0.1, 0.15) is 33.6 Å². The minimum Gasteiger partial charge on any atom is -0.391 e. The first-order valence-corrected chi connectivity index (χ1v) is 8.08. The second-order valence-electron chi connectivity index (χ2n) is 5.91. The van der Waals surface area contributed by atoms with Gasteiger partial charge < -0.3 is 15.3 Å². The lowest BCUT2D eigenvalue weighted by Gasteiger charge is -2.30. The lowest BCUT2D eigenvalue weighted by Crippen LogP contribution is -2.42. The van der Waals surface area contributed by atoms with Crippen molar-refractivity contribution in [3.8, 4) is 0 Å². The van der Waals surface area contributed by atoms with E-state index in [-0.39, 0.29) is 11.8 Å². The van der Waals surface area contributed by atoms with Crippen LogP contribution >= 0.6 is 0 Å². The lowest BCUT2D eigenvalue weighted by atomic mass is 10.1. The van der Waals surface area contributed by atoms with Crippen LogP contribution in [0, 0.1) is 0 Å². The van der Waals surface area contributed by atoms with Crippen LogP contribution in [0.25, 0.3) is 0 Å². The molecule has 1 unspecified atom stereocenters. The summed E-state index contributed by atoms with van der Waals surface area (Å²) in [4.78, 5) is 26.7. The third-order valence-corrected chi connectivity index (χ3v) is 4.13. The van der Waals surface area contributed by atoms with E-state index in [9.17, 15) is 14.7 Å². The molecular formula is C19H20N2O3. The molecule has 1 heterocycles. The van der Waals surface area contributed by atoms with Crippen molar-refractivity contribution in [1.82, 2.24) is 4.90 Å². The Morgan fingerprint density at radius 3 is 2.50 bits per heavy atom. The van der Waals surface area contributed by atoms with E-state index in [1.807, 2.05) is 6.07 Å². The molecule has 1 saturated heterocycles. The quantitative estimate of drug-likeness (QED) is 0.911. The molecule has 2 amide bonds. The van der Waals surface area contributed by atoms with Crippen molar-refractivity contribution < 1.29 is 14.7 Å². The molecule has 0 aromatic heterocycles. The zero-order valence-corrected chi connectivity index (χ0v) is 13.3. The van der Waals surface area contributed by atoms with E-state index in [1.165, 1.54) is 0 Å². The summed E-state index contributed by atoms with van der Waals surface area (Å²) in [5.74, 6) is -0.424. The zero-order valence-electron chi connectivity index (χ0n) is 13.3. The lowest BCUT2D eigenvalue weighted by molar-refractivity contribution is 0.0474. The highest BCUT2D eigenvalue weighted by Crippen LogP contribution is 2.21. The summed E-state index contributed by atoms with van der Waals surface area (Å²) in [6.45, 7) is 0.955. The number of hydrogen-bond acceptors (Lipinski definition) is 3. The first kappa shape index (κ1) is 16.2. The summed E-state index contributed by atoms with van der Waals surface area (Å²) in [5, 5.41) is 12.6. The van der Waals surface area contributed by atoms with Gasteiger partial charge in [0.05, 0.1) is 17.4 Å². The number of benzene rings is 2. The maximum absolute atomic E-state index is 12.7. The Kier molecular flexibility index (Phi) is 4.91. The Labute approximate surface area is 140 Å². The molecule has 5 nitrogen and oxygen atoms in total. The highest BCUT2D eigenvalue weighted by atomic mass is 16.3. The van der Waals surface area contributed by atoms with Crippen LogP contribution in [0.3, 0.4) is 0 Å². The number of carbonyl (C=O) groups is 2. The molecular weight excluding hydrogens is 304 g/mol. The van der Waals surface area contributed by atoms with E-state index in [4.69, 9.17) is 0 Å². The predicted molar refractivity (Wildman–Crippen MR) is 92.0 cm³/mol. The van der Waals surface area contributed by atoms with Crippen LogP contribution in [0.5, 0.6) is 0 Å². The van der Waals surface area contributed by atoms with Crippen LogP contribution < -0.4 is 5.32 Å². The third-order valence-electron chi connectivity index (χ3n) is 4.13. The number of aliphatic hydroxyl groups is 1. The monoisotopic (exact) mass is 324 g/mol. The molecule has 5 heteroatoms. The second-order valence-corrected chi connectivity index (χ2v) is 5.91. The number of likely N-dealkylation sites (tertiary alicyclic amines) is 1. The van der Waals surface area contributed by atoms with Crippen molar-refractivity contribution in [2.45, 2.75) is 18.9 Å². The fourth-order valence-corrected chi connectivity index (χ4v) is 2.87. The number of nitrogens with one attached hydrogen (secondary N) is 1. The van der Waals surface area contributed by atoms with Gasteiger partial charge in [0, 0.05) is 18.7 Å². The number of nitrogens with zero attached hydrogens (tertiary/aromatic N) is 1. The molecule has 0 saturated carbocycles. The van der Waals surface area contributed by atoms with Gasteiger partial charge in [-0.05, 0) is 37.1 Å². The summed E-state index contributed by atoms with van der Waals surface area (Å²) >= 11 is 0. The number of carbonyl (C=O) groups excluding carboxylic acids is 2. The number of piperidine rings is 1. The van der Waals surface area contributed by atoms with Gasteiger partial charge in [0.2, 0.25) is 0 Å². The summed E-state index contributed by atoms with van der Waals surface area (Å²) in [5.41, 5.74) is 1.46. The van der Waals surface area contributed by atoms with Gasteiger partial charge in [-0.2, -0.15) is 0 Å². The Balaban J connectivity index is 1.80. The summed E-state index contributed by atoms with van der Waals surface area (Å²) in [7, 11) is 0. The van der Waals surface area contributed by atoms with Gasteiger partial charge in [-0.1, -0.05) is 30.3 Å². The third kappa shape index (κ3) is 3.63. The average Bonchev–Trinajstić information content (AvgIpc) is 2.62. The Morgan fingerprint density at radius 2 is 1.75 bits per heavy atom. The number of aliphatic hydroxyl groups excluding tert-OH is 1. The van der Waals surface area contributed by atoms with Gasteiger partial charge >= 0.3 is 0 Å². The van der Waals surface area contributed by atoms with Crippen LogP contribution in [-0.4, -0.2) is 41.0 Å². The molecule has 0 spiro atoms. The molecule has 24 heavy (non-hydrogen) atoms. The predicted octanol–water partition coefficient (Wildman–Crippen LogP) is 2.54. The first-order valence-electron chi connectivity index (χ1n) is 8.08. The van der Waals surface area contributed by atoms with Gasteiger partial charge in [-0.15, -0.1) is 0 Å². The topological polar surface area (TPSA) is 69.6 Å². The highest BCUT2D eigenvalue weighted by Gasteiger charge is 2.25. The van der Waals surface area contributed by atoms with Crippen LogP contribution in [0.15, 0.2) is 54.6 Å². The molecule has 2 aromatic carbocycles. The van der Waals surface area contributed by atoms with E-state index < -0.39 is 6.10 Å². The zero-order chi connectivity index (χ0) is 16.9. The number of para-hydroxylation sites is 1. The molecule has 124 valence electrons. The Bertz CT molecular complexity index is 730. The second kappa shape index (κ2) is 7.27. The largest absolute Gasteiger partial charge is 0.391 e. The Hall–Kier alpha value is -2.66. The van der Waals surface area contributed by atoms with Gasteiger partial charge in [0.1, 0.15) is 0 Å². The van der Waals surface area contributed by atoms with Gasteiger partial charge in [-0.25, -0.2) is 0 Å². The van der Waals surface area contributed by atoms with Crippen molar-refractivity contribution >= 4 is 17.5 Å². The molecule has 3 rings (SSSR count). The fourth-order valence-electron chi connectivity index (χ4n) is 2.87. The number of anilines is 1. The fraction of sp³-hybridized carbons (Fsp3) is 0.263. The number of rotatable bonds is 3. The summed E-state index contributed by atoms with van der Waals surface area (Å²) in [6.07, 6.45) is 1.02. The minimum atomic E-state index is -0.478. The van der Waals surface area contributed by atoms with E-state index in [0.29, 0.717) is 29.9 Å². The smallest absolute Gasteiger partial charge is 0.256 e.